The Labute approximate surface area is 114 Å². The van der Waals surface area contributed by atoms with Gasteiger partial charge >= 0.3 is 6.18 Å². The van der Waals surface area contributed by atoms with E-state index in [9.17, 15) is 13.2 Å². The minimum atomic E-state index is -4.41. The zero-order chi connectivity index (χ0) is 15.6. The summed E-state index contributed by atoms with van der Waals surface area (Å²) < 4.78 is 42.7. The highest BCUT2D eigenvalue weighted by Gasteiger charge is 2.34. The third-order valence-corrected chi connectivity index (χ3v) is 2.20. The van der Waals surface area contributed by atoms with Crippen LogP contribution in [0.15, 0.2) is 36.1 Å². The van der Waals surface area contributed by atoms with Gasteiger partial charge in [-0.1, -0.05) is 27.0 Å². The van der Waals surface area contributed by atoms with Crippen molar-refractivity contribution in [1.82, 2.24) is 4.90 Å². The second kappa shape index (κ2) is 9.67. The van der Waals surface area contributed by atoms with Crippen molar-refractivity contribution in [3.05, 3.63) is 36.1 Å². The van der Waals surface area contributed by atoms with Crippen LogP contribution in [0.25, 0.3) is 0 Å². The molecule has 0 spiro atoms. The largest absolute Gasteiger partial charge is 0.416 e. The van der Waals surface area contributed by atoms with E-state index >= 15 is 0 Å². The zero-order valence-corrected chi connectivity index (χ0v) is 12.4. The smallest absolute Gasteiger partial charge is 0.383 e. The first-order valence-electron chi connectivity index (χ1n) is 6.04. The van der Waals surface area contributed by atoms with Crippen LogP contribution in [0.3, 0.4) is 0 Å². The number of ether oxygens (including phenoxy) is 1. The lowest BCUT2D eigenvalue weighted by Gasteiger charge is -2.20. The molecular formula is C14H24F3NO. The summed E-state index contributed by atoms with van der Waals surface area (Å²) in [7, 11) is 3.19. The predicted octanol–water partition coefficient (Wildman–Crippen LogP) is 4.17. The second-order valence-electron chi connectivity index (χ2n) is 3.74. The van der Waals surface area contributed by atoms with E-state index in [1.807, 2.05) is 13.8 Å². The van der Waals surface area contributed by atoms with Gasteiger partial charge in [0.1, 0.15) is 0 Å². The summed E-state index contributed by atoms with van der Waals surface area (Å²) in [6, 6.07) is 0. The molecule has 0 saturated heterocycles. The van der Waals surface area contributed by atoms with Gasteiger partial charge in [-0.15, -0.1) is 0 Å². The molecule has 0 radical (unpaired) electrons. The monoisotopic (exact) mass is 279 g/mol. The van der Waals surface area contributed by atoms with Crippen LogP contribution < -0.4 is 0 Å². The fourth-order valence-electron chi connectivity index (χ4n) is 1.10. The van der Waals surface area contributed by atoms with Crippen molar-refractivity contribution in [1.29, 1.82) is 0 Å². The normalized spacial score (nSPS) is 11.5. The van der Waals surface area contributed by atoms with Crippen molar-refractivity contribution < 1.29 is 17.9 Å². The van der Waals surface area contributed by atoms with Crippen molar-refractivity contribution in [2.45, 2.75) is 26.9 Å². The molecule has 0 unspecified atom stereocenters. The molecule has 0 fully saturated rings. The lowest BCUT2D eigenvalue weighted by Crippen LogP contribution is -2.22. The third-order valence-electron chi connectivity index (χ3n) is 2.20. The van der Waals surface area contributed by atoms with Crippen LogP contribution in [0, 0.1) is 0 Å². The predicted molar refractivity (Wildman–Crippen MR) is 73.9 cm³/mol. The molecule has 0 saturated carbocycles. The standard InChI is InChI=1S/C12H18F3NO.C2H6/c1-9(2)11(12(13,14)15)8-10(3)16(4)6-7-17-5;1-2/h8H,1,3,6-7H2,2,4-5H3;1-2H3/b11-8+;. The first kappa shape index (κ1) is 20.1. The molecule has 5 heteroatoms. The van der Waals surface area contributed by atoms with Gasteiger partial charge in [0.25, 0.3) is 0 Å². The number of hydrogen-bond acceptors (Lipinski definition) is 2. The molecular weight excluding hydrogens is 255 g/mol. The van der Waals surface area contributed by atoms with Crippen LogP contribution in [-0.2, 0) is 4.74 Å². The second-order valence-corrected chi connectivity index (χ2v) is 3.74. The van der Waals surface area contributed by atoms with Gasteiger partial charge in [0, 0.05) is 26.4 Å². The Morgan fingerprint density at radius 1 is 1.26 bits per heavy atom. The highest BCUT2D eigenvalue weighted by Crippen LogP contribution is 2.31. The van der Waals surface area contributed by atoms with E-state index in [1.165, 1.54) is 14.0 Å². The van der Waals surface area contributed by atoms with Crippen molar-refractivity contribution in [3.63, 3.8) is 0 Å². The van der Waals surface area contributed by atoms with E-state index < -0.39 is 11.7 Å². The number of rotatable bonds is 6. The SMILES string of the molecule is C=C(C)/C(=C\C(=C)N(C)CCOC)C(F)(F)F.CC. The first-order valence-corrected chi connectivity index (χ1v) is 6.04. The Bertz CT molecular complexity index is 319. The maximum Gasteiger partial charge on any atom is 0.416 e. The van der Waals surface area contributed by atoms with Crippen LogP contribution in [0.2, 0.25) is 0 Å². The Morgan fingerprint density at radius 3 is 2.05 bits per heavy atom. The van der Waals surface area contributed by atoms with Crippen molar-refractivity contribution in [2.24, 2.45) is 0 Å². The lowest BCUT2D eigenvalue weighted by molar-refractivity contribution is -0.0893. The fourth-order valence-corrected chi connectivity index (χ4v) is 1.10. The van der Waals surface area contributed by atoms with Gasteiger partial charge in [-0.3, -0.25) is 0 Å². The van der Waals surface area contributed by atoms with Gasteiger partial charge < -0.3 is 9.64 Å². The number of allylic oxidation sites excluding steroid dienone is 3. The molecule has 0 aliphatic heterocycles. The van der Waals surface area contributed by atoms with Crippen molar-refractivity contribution in [2.75, 3.05) is 27.3 Å². The number of methoxy groups -OCH3 is 1. The van der Waals surface area contributed by atoms with Gasteiger partial charge in [-0.2, -0.15) is 13.2 Å². The number of alkyl halides is 3. The Hall–Kier alpha value is -1.23. The van der Waals surface area contributed by atoms with Crippen LogP contribution in [0.1, 0.15) is 20.8 Å². The average molecular weight is 279 g/mol. The van der Waals surface area contributed by atoms with Crippen LogP contribution in [0.5, 0.6) is 0 Å². The van der Waals surface area contributed by atoms with Gasteiger partial charge in [0.05, 0.1) is 12.2 Å². The van der Waals surface area contributed by atoms with Gasteiger partial charge in [-0.05, 0) is 18.6 Å². The molecule has 0 rings (SSSR count). The van der Waals surface area contributed by atoms with E-state index in [-0.39, 0.29) is 11.3 Å². The Morgan fingerprint density at radius 2 is 1.74 bits per heavy atom. The number of likely N-dealkylation sites (N-methyl/N-ethyl adjacent to an activating group) is 1. The summed E-state index contributed by atoms with van der Waals surface area (Å²) in [6.07, 6.45) is -3.41. The number of nitrogens with zero attached hydrogens (tertiary/aromatic N) is 1. The molecule has 112 valence electrons. The first-order chi connectivity index (χ1) is 8.70. The third kappa shape index (κ3) is 8.48. The molecule has 19 heavy (non-hydrogen) atoms. The number of hydrogen-bond donors (Lipinski definition) is 0. The molecule has 2 nitrogen and oxygen atoms in total. The van der Waals surface area contributed by atoms with Crippen molar-refractivity contribution in [3.8, 4) is 0 Å². The van der Waals surface area contributed by atoms with Crippen LogP contribution >= 0.6 is 0 Å². The fraction of sp³-hybridized carbons (Fsp3) is 0.571. The van der Waals surface area contributed by atoms with Crippen molar-refractivity contribution >= 4 is 0 Å². The highest BCUT2D eigenvalue weighted by molar-refractivity contribution is 5.36. The Kier molecular flexibility index (Phi) is 10.2. The van der Waals surface area contributed by atoms with Gasteiger partial charge in [0.15, 0.2) is 0 Å². The highest BCUT2D eigenvalue weighted by atomic mass is 19.4. The quantitative estimate of drug-likeness (QED) is 0.677. The maximum atomic E-state index is 12.6. The summed E-state index contributed by atoms with van der Waals surface area (Å²) in [4.78, 5) is 1.60. The molecule has 0 N–H and O–H groups in total. The van der Waals surface area contributed by atoms with Gasteiger partial charge in [-0.25, -0.2) is 0 Å². The molecule has 0 heterocycles. The van der Waals surface area contributed by atoms with E-state index in [2.05, 4.69) is 13.2 Å². The molecule has 0 atom stereocenters. The molecule has 0 aromatic heterocycles. The van der Waals surface area contributed by atoms with E-state index in [1.54, 1.807) is 11.9 Å². The maximum absolute atomic E-state index is 12.6. The molecule has 0 amide bonds. The molecule has 0 aliphatic rings. The van der Waals surface area contributed by atoms with E-state index in [0.717, 1.165) is 6.08 Å². The summed E-state index contributed by atoms with van der Waals surface area (Å²) in [5, 5.41) is 0. The minimum absolute atomic E-state index is 0.0289. The molecule has 0 aliphatic carbocycles. The van der Waals surface area contributed by atoms with E-state index in [0.29, 0.717) is 13.2 Å². The topological polar surface area (TPSA) is 12.5 Å². The minimum Gasteiger partial charge on any atom is -0.383 e. The summed E-state index contributed by atoms with van der Waals surface area (Å²) in [5.41, 5.74) is -0.511. The van der Waals surface area contributed by atoms with Gasteiger partial charge in [0.2, 0.25) is 0 Å². The summed E-state index contributed by atoms with van der Waals surface area (Å²) >= 11 is 0. The summed E-state index contributed by atoms with van der Waals surface area (Å²) in [5.74, 6) is 0. The molecule has 0 aromatic rings. The number of halogens is 3. The molecule has 0 bridgehead atoms. The lowest BCUT2D eigenvalue weighted by atomic mass is 10.1. The van der Waals surface area contributed by atoms with E-state index in [4.69, 9.17) is 4.74 Å². The van der Waals surface area contributed by atoms with Crippen LogP contribution in [-0.4, -0.2) is 38.4 Å². The molecule has 0 aromatic carbocycles. The zero-order valence-electron chi connectivity index (χ0n) is 12.4. The Balaban J connectivity index is 0. The summed E-state index contributed by atoms with van der Waals surface area (Å²) in [6.45, 7) is 13.1. The average Bonchev–Trinajstić information content (AvgIpc) is 2.33. The van der Waals surface area contributed by atoms with Crippen LogP contribution in [0.4, 0.5) is 13.2 Å².